The highest BCUT2D eigenvalue weighted by Gasteiger charge is 2.59. The van der Waals surface area contributed by atoms with Crippen molar-refractivity contribution in [1.29, 1.82) is 0 Å². The predicted molar refractivity (Wildman–Crippen MR) is 82.7 cm³/mol. The average molecular weight is 290 g/mol. The summed E-state index contributed by atoms with van der Waals surface area (Å²) in [6.07, 6.45) is 10.0. The van der Waals surface area contributed by atoms with Crippen molar-refractivity contribution >= 4 is 5.78 Å². The van der Waals surface area contributed by atoms with Gasteiger partial charge in [-0.2, -0.15) is 0 Å². The second kappa shape index (κ2) is 4.57. The van der Waals surface area contributed by atoms with Gasteiger partial charge in [0.2, 0.25) is 0 Å². The molecular formula is C19H30O2. The lowest BCUT2D eigenvalue weighted by Gasteiger charge is -2.60. The zero-order valence-corrected chi connectivity index (χ0v) is 13.6. The summed E-state index contributed by atoms with van der Waals surface area (Å²) in [5.74, 6) is 3.52. The number of hydrogen-bond acceptors (Lipinski definition) is 2. The number of hydrogen-bond donors (Lipinski definition) is 1. The molecule has 4 aliphatic carbocycles. The minimum absolute atomic E-state index is 0.0677. The van der Waals surface area contributed by atoms with Gasteiger partial charge in [-0.25, -0.2) is 0 Å². The van der Waals surface area contributed by atoms with Crippen molar-refractivity contribution in [2.75, 3.05) is 0 Å². The minimum Gasteiger partial charge on any atom is -0.393 e. The van der Waals surface area contributed by atoms with E-state index in [1.807, 2.05) is 0 Å². The highest BCUT2D eigenvalue weighted by atomic mass is 16.3. The Hall–Kier alpha value is -0.370. The van der Waals surface area contributed by atoms with Gasteiger partial charge in [0, 0.05) is 12.8 Å². The van der Waals surface area contributed by atoms with Gasteiger partial charge in [-0.15, -0.1) is 0 Å². The van der Waals surface area contributed by atoms with Crippen molar-refractivity contribution in [3.05, 3.63) is 0 Å². The molecule has 4 rings (SSSR count). The average Bonchev–Trinajstić information content (AvgIpc) is 2.76. The van der Waals surface area contributed by atoms with Gasteiger partial charge in [-0.05, 0) is 79.4 Å². The summed E-state index contributed by atoms with van der Waals surface area (Å²) in [6.45, 7) is 4.85. The molecule has 2 nitrogen and oxygen atoms in total. The molecule has 2 heteroatoms. The standard InChI is InChI=1S/C19H30O2/c1-18-9-7-13(20)11-12(18)3-4-14-15-5-6-17(21)19(15,2)10-8-16(14)18/h12,14-17,21H,3-11H2,1-2H3/t12?,14?,15?,16?,17?,18-,19-/m0/s1. The van der Waals surface area contributed by atoms with Gasteiger partial charge in [0.05, 0.1) is 6.10 Å². The maximum Gasteiger partial charge on any atom is 0.133 e. The summed E-state index contributed by atoms with van der Waals surface area (Å²) < 4.78 is 0. The first-order valence-corrected chi connectivity index (χ1v) is 9.15. The van der Waals surface area contributed by atoms with Crippen LogP contribution in [-0.4, -0.2) is 17.0 Å². The first kappa shape index (κ1) is 14.2. The Labute approximate surface area is 128 Å². The minimum atomic E-state index is -0.0677. The van der Waals surface area contributed by atoms with Crippen LogP contribution in [0.2, 0.25) is 0 Å². The molecule has 0 aromatic heterocycles. The van der Waals surface area contributed by atoms with Gasteiger partial charge < -0.3 is 5.11 Å². The van der Waals surface area contributed by atoms with Crippen LogP contribution in [0.15, 0.2) is 0 Å². The van der Waals surface area contributed by atoms with E-state index in [1.165, 1.54) is 32.1 Å². The van der Waals surface area contributed by atoms with Crippen LogP contribution in [0.1, 0.15) is 71.6 Å². The van der Waals surface area contributed by atoms with Crippen molar-refractivity contribution in [3.63, 3.8) is 0 Å². The van der Waals surface area contributed by atoms with Gasteiger partial charge >= 0.3 is 0 Å². The Kier molecular flexibility index (Phi) is 3.10. The van der Waals surface area contributed by atoms with Gasteiger partial charge in [-0.3, -0.25) is 4.79 Å². The van der Waals surface area contributed by atoms with Crippen molar-refractivity contribution in [2.45, 2.75) is 77.7 Å². The first-order valence-electron chi connectivity index (χ1n) is 9.15. The summed E-state index contributed by atoms with van der Waals surface area (Å²) in [5.41, 5.74) is 0.598. The van der Waals surface area contributed by atoms with Crippen LogP contribution in [0.25, 0.3) is 0 Å². The van der Waals surface area contributed by atoms with E-state index in [0.717, 1.165) is 43.4 Å². The maximum atomic E-state index is 11.9. The molecular weight excluding hydrogens is 260 g/mol. The topological polar surface area (TPSA) is 37.3 Å². The fraction of sp³-hybridized carbons (Fsp3) is 0.947. The molecule has 0 aliphatic heterocycles. The number of ketones is 1. The van der Waals surface area contributed by atoms with E-state index in [0.29, 0.717) is 17.1 Å². The van der Waals surface area contributed by atoms with E-state index in [1.54, 1.807) is 0 Å². The van der Waals surface area contributed by atoms with E-state index in [2.05, 4.69) is 13.8 Å². The molecule has 118 valence electrons. The number of carbonyl (C=O) groups is 1. The number of aliphatic hydroxyl groups is 1. The molecule has 0 radical (unpaired) electrons. The molecule has 21 heavy (non-hydrogen) atoms. The molecule has 0 amide bonds. The Balaban J connectivity index is 1.64. The second-order valence-corrected chi connectivity index (χ2v) is 9.04. The first-order chi connectivity index (χ1) is 9.95. The number of fused-ring (bicyclic) bond motifs is 5. The van der Waals surface area contributed by atoms with Crippen LogP contribution >= 0.6 is 0 Å². The van der Waals surface area contributed by atoms with Crippen LogP contribution in [0.4, 0.5) is 0 Å². The molecule has 1 N–H and O–H groups in total. The fourth-order valence-electron chi connectivity index (χ4n) is 7.02. The summed E-state index contributed by atoms with van der Waals surface area (Å²) >= 11 is 0. The smallest absolute Gasteiger partial charge is 0.133 e. The van der Waals surface area contributed by atoms with Crippen LogP contribution in [0.5, 0.6) is 0 Å². The van der Waals surface area contributed by atoms with Gasteiger partial charge in [0.15, 0.2) is 0 Å². The number of aliphatic hydroxyl groups excluding tert-OH is 1. The molecule has 0 aromatic carbocycles. The summed E-state index contributed by atoms with van der Waals surface area (Å²) in [5, 5.41) is 10.5. The SMILES string of the molecule is C[C@]12CCC(=O)CC1CCC1C2CC[C@]2(C)C(O)CCC12. The second-order valence-electron chi connectivity index (χ2n) is 9.04. The molecule has 0 heterocycles. The molecule has 0 aromatic rings. The van der Waals surface area contributed by atoms with Crippen LogP contribution in [-0.2, 0) is 4.79 Å². The molecule has 4 aliphatic rings. The van der Waals surface area contributed by atoms with E-state index < -0.39 is 0 Å². The Bertz CT molecular complexity index is 458. The Morgan fingerprint density at radius 1 is 0.952 bits per heavy atom. The molecule has 4 fully saturated rings. The highest BCUT2D eigenvalue weighted by molar-refractivity contribution is 5.79. The maximum absolute atomic E-state index is 11.9. The number of rotatable bonds is 0. The molecule has 4 saturated carbocycles. The van der Waals surface area contributed by atoms with Crippen LogP contribution < -0.4 is 0 Å². The van der Waals surface area contributed by atoms with Crippen molar-refractivity contribution in [3.8, 4) is 0 Å². The third-order valence-corrected chi connectivity index (χ3v) is 8.43. The van der Waals surface area contributed by atoms with E-state index in [4.69, 9.17) is 0 Å². The van der Waals surface area contributed by atoms with Gasteiger partial charge in [0.1, 0.15) is 5.78 Å². The van der Waals surface area contributed by atoms with Crippen molar-refractivity contribution < 1.29 is 9.90 Å². The van der Waals surface area contributed by atoms with E-state index in [-0.39, 0.29) is 11.5 Å². The third-order valence-electron chi connectivity index (χ3n) is 8.43. The molecule has 0 bridgehead atoms. The highest BCUT2D eigenvalue weighted by Crippen LogP contribution is 2.65. The van der Waals surface area contributed by atoms with Crippen LogP contribution in [0, 0.1) is 34.5 Å². The van der Waals surface area contributed by atoms with E-state index >= 15 is 0 Å². The van der Waals surface area contributed by atoms with Gasteiger partial charge in [-0.1, -0.05) is 13.8 Å². The summed E-state index contributed by atoms with van der Waals surface area (Å²) in [7, 11) is 0. The van der Waals surface area contributed by atoms with Gasteiger partial charge in [0.25, 0.3) is 0 Å². The summed E-state index contributed by atoms with van der Waals surface area (Å²) in [4.78, 5) is 11.9. The molecule has 7 atom stereocenters. The molecule has 5 unspecified atom stereocenters. The predicted octanol–water partition coefficient (Wildman–Crippen LogP) is 3.96. The quantitative estimate of drug-likeness (QED) is 0.733. The fourth-order valence-corrected chi connectivity index (χ4v) is 7.02. The van der Waals surface area contributed by atoms with Crippen LogP contribution in [0.3, 0.4) is 0 Å². The largest absolute Gasteiger partial charge is 0.393 e. The monoisotopic (exact) mass is 290 g/mol. The molecule has 0 spiro atoms. The van der Waals surface area contributed by atoms with E-state index in [9.17, 15) is 9.90 Å². The Morgan fingerprint density at radius 2 is 1.71 bits per heavy atom. The lowest BCUT2D eigenvalue weighted by atomic mass is 9.45. The normalized spacial score (nSPS) is 56.5. The number of Topliss-reactive ketones (excluding diaryl/α,β-unsaturated/α-hetero) is 1. The Morgan fingerprint density at radius 3 is 2.52 bits per heavy atom. The lowest BCUT2D eigenvalue weighted by molar-refractivity contribution is -0.141. The van der Waals surface area contributed by atoms with Crippen molar-refractivity contribution in [1.82, 2.24) is 0 Å². The summed E-state index contributed by atoms with van der Waals surface area (Å²) in [6, 6.07) is 0. The van der Waals surface area contributed by atoms with Crippen molar-refractivity contribution in [2.24, 2.45) is 34.5 Å². The zero-order chi connectivity index (χ0) is 14.8. The zero-order valence-electron chi connectivity index (χ0n) is 13.6. The molecule has 0 saturated heterocycles. The lowest BCUT2D eigenvalue weighted by Crippen LogP contribution is -2.54. The number of carbonyl (C=O) groups excluding carboxylic acids is 1. The third kappa shape index (κ3) is 1.84.